The van der Waals surface area contributed by atoms with E-state index in [1.165, 1.54) is 0 Å². The fourth-order valence-corrected chi connectivity index (χ4v) is 0.427. The van der Waals surface area contributed by atoms with Crippen LogP contribution in [0.1, 0.15) is 0 Å². The Morgan fingerprint density at radius 3 is 1.60 bits per heavy atom. The molecule has 0 radical (unpaired) electrons. The van der Waals surface area contributed by atoms with E-state index in [0.29, 0.717) is 0 Å². The lowest BCUT2D eigenvalue weighted by molar-refractivity contribution is -0.484. The van der Waals surface area contributed by atoms with Crippen LogP contribution in [0.5, 0.6) is 0 Å². The molecular formula is C5H4F8O2. The van der Waals surface area contributed by atoms with E-state index >= 15 is 0 Å². The van der Waals surface area contributed by atoms with Crippen molar-refractivity contribution in [3.05, 3.63) is 0 Å². The predicted octanol–water partition coefficient (Wildman–Crippen LogP) is 2.69. The minimum Gasteiger partial charge on any atom is -0.281 e. The molecule has 0 aromatic heterocycles. The minimum atomic E-state index is -5.85. The van der Waals surface area contributed by atoms with Crippen molar-refractivity contribution < 1.29 is 44.6 Å². The van der Waals surface area contributed by atoms with Gasteiger partial charge in [-0.15, -0.1) is 0 Å². The Bertz CT molecular complexity index is 205. The molecule has 0 heterocycles. The molecule has 0 bridgehead atoms. The topological polar surface area (TPSA) is 18.5 Å². The van der Waals surface area contributed by atoms with Crippen molar-refractivity contribution in [2.75, 3.05) is 13.5 Å². The van der Waals surface area contributed by atoms with Crippen LogP contribution in [0, 0.1) is 0 Å². The van der Waals surface area contributed by atoms with Gasteiger partial charge in [0.15, 0.2) is 13.5 Å². The quantitative estimate of drug-likeness (QED) is 0.673. The van der Waals surface area contributed by atoms with E-state index in [2.05, 4.69) is 9.47 Å². The highest BCUT2D eigenvalue weighted by molar-refractivity contribution is 4.68. The molecule has 0 saturated carbocycles. The average Bonchev–Trinajstić information content (AvgIpc) is 2.02. The minimum absolute atomic E-state index is 2.21. The molecule has 0 spiro atoms. The van der Waals surface area contributed by atoms with Gasteiger partial charge in [-0.05, 0) is 0 Å². The second-order valence-corrected chi connectivity index (χ2v) is 2.16. The van der Waals surface area contributed by atoms with E-state index in [0.717, 1.165) is 0 Å². The zero-order chi connectivity index (χ0) is 12.3. The van der Waals surface area contributed by atoms with Gasteiger partial charge in [-0.2, -0.15) is 26.3 Å². The van der Waals surface area contributed by atoms with Gasteiger partial charge in [-0.1, -0.05) is 0 Å². The SMILES string of the molecule is FCOC(F)(F)C(F)(F)OC(F)(F)CF. The first kappa shape index (κ1) is 14.4. The molecule has 0 N–H and O–H groups in total. The lowest BCUT2D eigenvalue weighted by atomic mass is 10.5. The third kappa shape index (κ3) is 3.78. The van der Waals surface area contributed by atoms with E-state index in [1.54, 1.807) is 0 Å². The summed E-state index contributed by atoms with van der Waals surface area (Å²) in [5, 5.41) is 0. The molecule has 0 aromatic rings. The molecule has 10 heteroatoms. The van der Waals surface area contributed by atoms with Crippen LogP contribution in [0.15, 0.2) is 0 Å². The molecule has 0 aliphatic heterocycles. The predicted molar refractivity (Wildman–Crippen MR) is 29.0 cm³/mol. The Morgan fingerprint density at radius 2 is 1.27 bits per heavy atom. The van der Waals surface area contributed by atoms with Crippen molar-refractivity contribution >= 4 is 0 Å². The van der Waals surface area contributed by atoms with Crippen LogP contribution < -0.4 is 0 Å². The van der Waals surface area contributed by atoms with Gasteiger partial charge in [-0.3, -0.25) is 4.74 Å². The lowest BCUT2D eigenvalue weighted by Gasteiger charge is -2.27. The number of ether oxygens (including phenoxy) is 2. The summed E-state index contributed by atoms with van der Waals surface area (Å²) < 4.78 is 99.4. The molecule has 0 unspecified atom stereocenters. The van der Waals surface area contributed by atoms with Gasteiger partial charge in [0.1, 0.15) is 0 Å². The summed E-state index contributed by atoms with van der Waals surface area (Å²) in [6.07, 6.45) is -16.6. The summed E-state index contributed by atoms with van der Waals surface area (Å²) in [6.45, 7) is -5.10. The normalized spacial score (nSPS) is 14.4. The summed E-state index contributed by atoms with van der Waals surface area (Å²) in [5.41, 5.74) is 0. The zero-order valence-electron chi connectivity index (χ0n) is 6.75. The molecule has 2 nitrogen and oxygen atoms in total. The van der Waals surface area contributed by atoms with E-state index in [-0.39, 0.29) is 0 Å². The van der Waals surface area contributed by atoms with E-state index in [1.807, 2.05) is 0 Å². The second-order valence-electron chi connectivity index (χ2n) is 2.16. The van der Waals surface area contributed by atoms with Crippen molar-refractivity contribution in [1.29, 1.82) is 0 Å². The lowest BCUT2D eigenvalue weighted by Crippen LogP contribution is -2.49. The van der Waals surface area contributed by atoms with Gasteiger partial charge >= 0.3 is 18.3 Å². The maximum absolute atomic E-state index is 12.2. The van der Waals surface area contributed by atoms with Crippen LogP contribution in [-0.4, -0.2) is 31.9 Å². The van der Waals surface area contributed by atoms with Gasteiger partial charge in [0.05, 0.1) is 0 Å². The fourth-order valence-electron chi connectivity index (χ4n) is 0.427. The standard InChI is InChI=1S/C5H4F8O2/c6-1-3(8,9)15-5(12,13)4(10,11)14-2-7/h1-2H2. The zero-order valence-corrected chi connectivity index (χ0v) is 6.75. The van der Waals surface area contributed by atoms with Crippen molar-refractivity contribution in [2.45, 2.75) is 18.3 Å². The number of hydrogen-bond donors (Lipinski definition) is 0. The van der Waals surface area contributed by atoms with Crippen LogP contribution >= 0.6 is 0 Å². The number of rotatable bonds is 6. The summed E-state index contributed by atoms with van der Waals surface area (Å²) in [5.74, 6) is 0. The van der Waals surface area contributed by atoms with Crippen LogP contribution in [-0.2, 0) is 9.47 Å². The molecule has 0 aliphatic carbocycles. The van der Waals surface area contributed by atoms with Crippen molar-refractivity contribution in [3.63, 3.8) is 0 Å². The van der Waals surface area contributed by atoms with E-state index in [4.69, 9.17) is 0 Å². The summed E-state index contributed by atoms with van der Waals surface area (Å²) in [7, 11) is 0. The highest BCUT2D eigenvalue weighted by atomic mass is 19.3. The first-order valence-corrected chi connectivity index (χ1v) is 3.17. The van der Waals surface area contributed by atoms with Crippen molar-refractivity contribution in [1.82, 2.24) is 0 Å². The molecule has 0 fully saturated rings. The van der Waals surface area contributed by atoms with Crippen LogP contribution in [0.4, 0.5) is 35.1 Å². The van der Waals surface area contributed by atoms with Gasteiger partial charge in [0.2, 0.25) is 0 Å². The molecule has 0 atom stereocenters. The Hall–Kier alpha value is -0.640. The Morgan fingerprint density at radius 1 is 0.800 bits per heavy atom. The number of hydrogen-bond acceptors (Lipinski definition) is 2. The highest BCUT2D eigenvalue weighted by Gasteiger charge is 2.64. The number of alkyl halides is 8. The second kappa shape index (κ2) is 4.47. The molecule has 0 saturated heterocycles. The summed E-state index contributed by atoms with van der Waals surface area (Å²) in [6, 6.07) is 0. The van der Waals surface area contributed by atoms with Crippen LogP contribution in [0.2, 0.25) is 0 Å². The Kier molecular flexibility index (Phi) is 4.28. The Balaban J connectivity index is 4.67. The fraction of sp³-hybridized carbons (Fsp3) is 1.00. The van der Waals surface area contributed by atoms with Crippen LogP contribution in [0.3, 0.4) is 0 Å². The van der Waals surface area contributed by atoms with E-state index < -0.39 is 31.9 Å². The Labute approximate surface area is 77.8 Å². The van der Waals surface area contributed by atoms with E-state index in [9.17, 15) is 35.1 Å². The monoisotopic (exact) mass is 248 g/mol. The largest absolute Gasteiger partial charge is 0.453 e. The molecular weight excluding hydrogens is 244 g/mol. The van der Waals surface area contributed by atoms with Crippen molar-refractivity contribution in [3.8, 4) is 0 Å². The summed E-state index contributed by atoms with van der Waals surface area (Å²) in [4.78, 5) is 0. The first-order valence-electron chi connectivity index (χ1n) is 3.17. The molecule has 92 valence electrons. The van der Waals surface area contributed by atoms with Gasteiger partial charge in [0, 0.05) is 0 Å². The molecule has 0 aliphatic rings. The first-order chi connectivity index (χ1) is 6.58. The highest BCUT2D eigenvalue weighted by Crippen LogP contribution is 2.40. The molecule has 0 amide bonds. The van der Waals surface area contributed by atoms with Gasteiger partial charge < -0.3 is 0 Å². The third-order valence-corrected chi connectivity index (χ3v) is 1.01. The van der Waals surface area contributed by atoms with Gasteiger partial charge in [-0.25, -0.2) is 13.5 Å². The third-order valence-electron chi connectivity index (χ3n) is 1.01. The molecule has 0 rings (SSSR count). The maximum Gasteiger partial charge on any atom is 0.453 e. The van der Waals surface area contributed by atoms with Crippen LogP contribution in [0.25, 0.3) is 0 Å². The van der Waals surface area contributed by atoms with Gasteiger partial charge in [0.25, 0.3) is 0 Å². The maximum atomic E-state index is 12.2. The average molecular weight is 248 g/mol. The molecule has 0 aromatic carbocycles. The van der Waals surface area contributed by atoms with Crippen molar-refractivity contribution in [2.24, 2.45) is 0 Å². The smallest absolute Gasteiger partial charge is 0.281 e. The summed E-state index contributed by atoms with van der Waals surface area (Å²) >= 11 is 0. The number of halogens is 8. The molecule has 15 heavy (non-hydrogen) atoms.